The summed E-state index contributed by atoms with van der Waals surface area (Å²) in [5.41, 5.74) is -1.40. The number of alkyl halides is 3. The number of thioether (sulfide) groups is 1. The second-order valence-electron chi connectivity index (χ2n) is 4.35. The van der Waals surface area contributed by atoms with Crippen LogP contribution >= 0.6 is 11.8 Å². The van der Waals surface area contributed by atoms with Crippen molar-refractivity contribution in [3.8, 4) is 5.75 Å². The summed E-state index contributed by atoms with van der Waals surface area (Å²) in [7, 11) is 1.46. The molecule has 2 rings (SSSR count). The molecule has 1 heterocycles. The van der Waals surface area contributed by atoms with E-state index in [1.165, 1.54) is 7.11 Å². The van der Waals surface area contributed by atoms with E-state index in [2.05, 4.69) is 9.72 Å². The average Bonchev–Trinajstić information content (AvgIpc) is 2.54. The van der Waals surface area contributed by atoms with E-state index in [9.17, 15) is 22.8 Å². The molecule has 0 unspecified atom stereocenters. The third kappa shape index (κ3) is 4.72. The Hall–Kier alpha value is -2.55. The zero-order valence-electron chi connectivity index (χ0n) is 12.2. The minimum Gasteiger partial charge on any atom is -0.497 e. The van der Waals surface area contributed by atoms with Gasteiger partial charge in [-0.2, -0.15) is 13.2 Å². The van der Waals surface area contributed by atoms with Gasteiger partial charge >= 0.3 is 17.4 Å². The highest BCUT2D eigenvalue weighted by molar-refractivity contribution is 8.13. The molecular weight excluding hydrogens is 347 g/mol. The van der Waals surface area contributed by atoms with Gasteiger partial charge in [0.2, 0.25) is 0 Å². The van der Waals surface area contributed by atoms with Gasteiger partial charge in [-0.05, 0) is 42.1 Å². The number of pyridine rings is 1. The van der Waals surface area contributed by atoms with Gasteiger partial charge in [-0.25, -0.2) is 9.59 Å². The summed E-state index contributed by atoms with van der Waals surface area (Å²) in [5, 5.41) is -0.923. The summed E-state index contributed by atoms with van der Waals surface area (Å²) < 4.78 is 46.7. The molecule has 0 amide bonds. The van der Waals surface area contributed by atoms with E-state index in [0.717, 1.165) is 6.07 Å². The number of rotatable bonds is 3. The number of aromatic nitrogens is 1. The van der Waals surface area contributed by atoms with Crippen LogP contribution in [0.1, 0.15) is 16.1 Å². The molecule has 0 aliphatic heterocycles. The van der Waals surface area contributed by atoms with Gasteiger partial charge in [0.15, 0.2) is 0 Å². The van der Waals surface area contributed by atoms with Gasteiger partial charge in [0.25, 0.3) is 0 Å². The summed E-state index contributed by atoms with van der Waals surface area (Å²) in [4.78, 5) is 27.0. The molecule has 0 aliphatic rings. The molecule has 0 radical (unpaired) electrons. The van der Waals surface area contributed by atoms with Gasteiger partial charge in [-0.3, -0.25) is 4.98 Å². The van der Waals surface area contributed by atoms with Crippen molar-refractivity contribution in [2.45, 2.75) is 11.1 Å². The third-order valence-corrected chi connectivity index (χ3v) is 3.45. The second kappa shape index (κ2) is 7.35. The molecule has 0 bridgehead atoms. The fraction of sp³-hybridized carbons (Fsp3) is 0.133. The molecule has 24 heavy (non-hydrogen) atoms. The number of esters is 1. The van der Waals surface area contributed by atoms with Crippen molar-refractivity contribution >= 4 is 23.0 Å². The lowest BCUT2D eigenvalue weighted by atomic mass is 10.2. The molecule has 2 aromatic rings. The zero-order valence-corrected chi connectivity index (χ0v) is 13.0. The van der Waals surface area contributed by atoms with E-state index in [1.54, 1.807) is 24.3 Å². The van der Waals surface area contributed by atoms with Gasteiger partial charge in [-0.15, -0.1) is 0 Å². The standard InChI is InChI=1S/C15H10F3NO4S/c1-22-10-3-2-4-11(7-10)24-14(21)23-13(20)9-5-6-12(19-8-9)15(16,17)18/h2-8H,1H3. The number of ether oxygens (including phenoxy) is 2. The Balaban J connectivity index is 1.99. The molecule has 1 aromatic heterocycles. The minimum atomic E-state index is -4.61. The molecule has 0 N–H and O–H groups in total. The Morgan fingerprint density at radius 3 is 2.50 bits per heavy atom. The molecule has 0 saturated heterocycles. The molecule has 0 saturated carbocycles. The quantitative estimate of drug-likeness (QED) is 0.466. The van der Waals surface area contributed by atoms with Crippen LogP contribution in [0.2, 0.25) is 0 Å². The molecule has 1 aromatic carbocycles. The number of carbonyl (C=O) groups is 2. The number of benzene rings is 1. The fourth-order valence-electron chi connectivity index (χ4n) is 1.60. The lowest BCUT2D eigenvalue weighted by molar-refractivity contribution is -0.141. The molecule has 9 heteroatoms. The van der Waals surface area contributed by atoms with E-state index in [-0.39, 0.29) is 5.56 Å². The maximum atomic E-state index is 12.4. The highest BCUT2D eigenvalue weighted by Gasteiger charge is 2.32. The number of hydrogen-bond acceptors (Lipinski definition) is 6. The first-order chi connectivity index (χ1) is 11.3. The molecule has 0 atom stereocenters. The van der Waals surface area contributed by atoms with Crippen molar-refractivity contribution in [1.29, 1.82) is 0 Å². The predicted molar refractivity (Wildman–Crippen MR) is 78.9 cm³/mol. The minimum absolute atomic E-state index is 0.261. The highest BCUT2D eigenvalue weighted by Crippen LogP contribution is 2.28. The maximum Gasteiger partial charge on any atom is 0.433 e. The van der Waals surface area contributed by atoms with Crippen LogP contribution in [0.15, 0.2) is 47.5 Å². The van der Waals surface area contributed by atoms with Crippen LogP contribution in [0.5, 0.6) is 5.75 Å². The van der Waals surface area contributed by atoms with E-state index < -0.39 is 23.1 Å². The van der Waals surface area contributed by atoms with Gasteiger partial charge in [-0.1, -0.05) is 6.07 Å². The molecule has 0 spiro atoms. The Labute approximate surface area is 138 Å². The van der Waals surface area contributed by atoms with E-state index in [0.29, 0.717) is 34.7 Å². The summed E-state index contributed by atoms with van der Waals surface area (Å²) in [6.07, 6.45) is -3.91. The SMILES string of the molecule is COc1cccc(SC(=O)OC(=O)c2ccc(C(F)(F)F)nc2)c1. The molecule has 0 aliphatic carbocycles. The van der Waals surface area contributed by atoms with Crippen LogP contribution in [0.4, 0.5) is 18.0 Å². The first kappa shape index (κ1) is 17.8. The highest BCUT2D eigenvalue weighted by atomic mass is 32.2. The van der Waals surface area contributed by atoms with Crippen LogP contribution in [-0.4, -0.2) is 23.4 Å². The zero-order chi connectivity index (χ0) is 17.7. The Bertz CT molecular complexity index is 747. The number of methoxy groups -OCH3 is 1. The van der Waals surface area contributed by atoms with Crippen LogP contribution < -0.4 is 4.74 Å². The van der Waals surface area contributed by atoms with Crippen molar-refractivity contribution in [1.82, 2.24) is 4.98 Å². The van der Waals surface area contributed by atoms with Crippen molar-refractivity contribution in [2.75, 3.05) is 7.11 Å². The van der Waals surface area contributed by atoms with Gasteiger partial charge in [0, 0.05) is 11.1 Å². The van der Waals surface area contributed by atoms with Crippen LogP contribution in [0.25, 0.3) is 0 Å². The summed E-state index contributed by atoms with van der Waals surface area (Å²) >= 11 is 0.641. The number of nitrogens with zero attached hydrogens (tertiary/aromatic N) is 1. The van der Waals surface area contributed by atoms with Gasteiger partial charge in [0.1, 0.15) is 11.4 Å². The Morgan fingerprint density at radius 1 is 1.17 bits per heavy atom. The lowest BCUT2D eigenvalue weighted by Crippen LogP contribution is -2.12. The first-order valence-corrected chi connectivity index (χ1v) is 7.22. The van der Waals surface area contributed by atoms with Gasteiger partial charge < -0.3 is 9.47 Å². The van der Waals surface area contributed by atoms with Gasteiger partial charge in [0.05, 0.1) is 12.7 Å². The predicted octanol–water partition coefficient (Wildman–Crippen LogP) is 4.18. The van der Waals surface area contributed by atoms with Crippen LogP contribution in [0, 0.1) is 0 Å². The molecular formula is C15H10F3NO4S. The normalized spacial score (nSPS) is 11.0. The van der Waals surface area contributed by atoms with Crippen molar-refractivity contribution in [3.05, 3.63) is 53.9 Å². The molecule has 0 fully saturated rings. The van der Waals surface area contributed by atoms with Crippen molar-refractivity contribution in [2.24, 2.45) is 0 Å². The molecule has 126 valence electrons. The number of carbonyl (C=O) groups excluding carboxylic acids is 2. The third-order valence-electron chi connectivity index (χ3n) is 2.71. The van der Waals surface area contributed by atoms with E-state index >= 15 is 0 Å². The topological polar surface area (TPSA) is 65.5 Å². The summed E-state index contributed by atoms with van der Waals surface area (Å²) in [5.74, 6) is -0.567. The van der Waals surface area contributed by atoms with Crippen molar-refractivity contribution < 1.29 is 32.2 Å². The lowest BCUT2D eigenvalue weighted by Gasteiger charge is -2.06. The summed E-state index contributed by atoms with van der Waals surface area (Å²) in [6, 6.07) is 8.02. The average molecular weight is 357 g/mol. The monoisotopic (exact) mass is 357 g/mol. The Kier molecular flexibility index (Phi) is 5.45. The maximum absolute atomic E-state index is 12.4. The largest absolute Gasteiger partial charge is 0.497 e. The van der Waals surface area contributed by atoms with Crippen LogP contribution in [-0.2, 0) is 10.9 Å². The number of halogens is 3. The van der Waals surface area contributed by atoms with E-state index in [1.807, 2.05) is 0 Å². The fourth-order valence-corrected chi connectivity index (χ4v) is 2.23. The number of hydrogen-bond donors (Lipinski definition) is 0. The van der Waals surface area contributed by atoms with E-state index in [4.69, 9.17) is 4.74 Å². The van der Waals surface area contributed by atoms with Crippen molar-refractivity contribution in [3.63, 3.8) is 0 Å². The van der Waals surface area contributed by atoms with Crippen LogP contribution in [0.3, 0.4) is 0 Å². The Morgan fingerprint density at radius 2 is 1.92 bits per heavy atom. The summed E-state index contributed by atoms with van der Waals surface area (Å²) in [6.45, 7) is 0. The smallest absolute Gasteiger partial charge is 0.433 e. The first-order valence-electron chi connectivity index (χ1n) is 6.41. The molecule has 5 nitrogen and oxygen atoms in total. The second-order valence-corrected chi connectivity index (χ2v) is 5.36.